The van der Waals surface area contributed by atoms with Crippen LogP contribution < -0.4 is 0 Å². The number of phenols is 3. The van der Waals surface area contributed by atoms with E-state index in [2.05, 4.69) is 0 Å². The molecule has 0 unspecified atom stereocenters. The van der Waals surface area contributed by atoms with Gasteiger partial charge in [-0.1, -0.05) is 72.5 Å². The topological polar surface area (TPSA) is 60.7 Å². The molecule has 27 heavy (non-hydrogen) atoms. The largest absolute Gasteiger partial charge is 0.543 e. The average Bonchev–Trinajstić information content (AvgIpc) is 2.62. The van der Waals surface area contributed by atoms with E-state index in [0.717, 1.165) is 11.8 Å². The van der Waals surface area contributed by atoms with Crippen LogP contribution in [-0.4, -0.2) is 15.3 Å². The molecule has 0 heterocycles. The van der Waals surface area contributed by atoms with Gasteiger partial charge in [0.05, 0.1) is 11.5 Å². The maximum absolute atomic E-state index is 10.8. The van der Waals surface area contributed by atoms with Crippen molar-refractivity contribution >= 4 is 0 Å². The third-order valence-corrected chi connectivity index (χ3v) is 4.46. The van der Waals surface area contributed by atoms with E-state index in [4.69, 9.17) is 0 Å². The van der Waals surface area contributed by atoms with Crippen LogP contribution in [-0.2, 0) is 65.4 Å². The van der Waals surface area contributed by atoms with Gasteiger partial charge in [-0.25, -0.2) is 0 Å². The van der Waals surface area contributed by atoms with Crippen LogP contribution in [0, 0.1) is 11.8 Å². The number of aromatic hydroxyl groups is 3. The molecule has 0 saturated heterocycles. The van der Waals surface area contributed by atoms with Crippen LogP contribution in [0.4, 0.5) is 0 Å². The fraction of sp³-hybridized carbons (Fsp3) is 0.0909. The van der Waals surface area contributed by atoms with E-state index in [0.29, 0.717) is 22.3 Å². The van der Waals surface area contributed by atoms with E-state index in [9.17, 15) is 15.3 Å². The van der Waals surface area contributed by atoms with Crippen molar-refractivity contribution in [1.82, 2.24) is 0 Å². The zero-order valence-electron chi connectivity index (χ0n) is 15.3. The van der Waals surface area contributed by atoms with Crippen LogP contribution in [0.15, 0.2) is 66.7 Å². The Kier molecular flexibility index (Phi) is 9.37. The van der Waals surface area contributed by atoms with Crippen molar-refractivity contribution in [3.63, 3.8) is 0 Å². The van der Waals surface area contributed by atoms with Crippen LogP contribution in [0.3, 0.4) is 0 Å². The molecule has 0 amide bonds. The Balaban J connectivity index is 0.00000182. The van der Waals surface area contributed by atoms with Gasteiger partial charge in [0.15, 0.2) is 0 Å². The summed E-state index contributed by atoms with van der Waals surface area (Å²) in [5.41, 5.74) is 2.65. The van der Waals surface area contributed by atoms with E-state index in [1.165, 1.54) is 0 Å². The van der Waals surface area contributed by atoms with Crippen molar-refractivity contribution in [2.45, 2.75) is 13.8 Å². The van der Waals surface area contributed by atoms with Gasteiger partial charge in [-0.15, -0.1) is 42.2 Å². The molecule has 2 radical (unpaired) electrons. The molecule has 0 aliphatic carbocycles. The van der Waals surface area contributed by atoms with Gasteiger partial charge in [0.2, 0.25) is 0 Å². The second kappa shape index (κ2) is 10.5. The number of phenolic OH excluding ortho intramolecular Hbond substituents is 3. The SMILES string of the molecule is C[C-](c1ccccc1O)c1cccc([C-](C)c2ccccc2O)c1O.[Y].[Y]. The van der Waals surface area contributed by atoms with E-state index in [1.54, 1.807) is 24.3 Å². The molecule has 0 saturated carbocycles. The normalized spacial score (nSPS) is 9.70. The molecule has 0 fully saturated rings. The van der Waals surface area contributed by atoms with Gasteiger partial charge < -0.3 is 15.3 Å². The minimum absolute atomic E-state index is 0. The summed E-state index contributed by atoms with van der Waals surface area (Å²) >= 11 is 0. The number of hydrogen-bond acceptors (Lipinski definition) is 3. The first-order valence-electron chi connectivity index (χ1n) is 8.07. The van der Waals surface area contributed by atoms with Crippen molar-refractivity contribution in [3.05, 3.63) is 101 Å². The molecule has 0 aliphatic heterocycles. The summed E-state index contributed by atoms with van der Waals surface area (Å²) in [6.45, 7) is 3.73. The summed E-state index contributed by atoms with van der Waals surface area (Å²) in [5.74, 6) is 2.03. The smallest absolute Gasteiger partial charge is 0.0564 e. The van der Waals surface area contributed by atoms with Gasteiger partial charge in [0.25, 0.3) is 0 Å². The van der Waals surface area contributed by atoms with Gasteiger partial charge in [-0.05, 0) is 0 Å². The Morgan fingerprint density at radius 1 is 0.519 bits per heavy atom. The molecule has 134 valence electrons. The van der Waals surface area contributed by atoms with E-state index >= 15 is 0 Å². The van der Waals surface area contributed by atoms with Crippen LogP contribution in [0.5, 0.6) is 17.2 Å². The molecule has 0 spiro atoms. The van der Waals surface area contributed by atoms with Crippen LogP contribution >= 0.6 is 0 Å². The molecular formula is C22H20O3Y2-2. The van der Waals surface area contributed by atoms with Crippen molar-refractivity contribution < 1.29 is 80.7 Å². The third kappa shape index (κ3) is 5.09. The fourth-order valence-electron chi connectivity index (χ4n) is 3.02. The molecule has 0 atom stereocenters. The average molecular weight is 510 g/mol. The Bertz CT molecular complexity index is 826. The number of hydrogen-bond donors (Lipinski definition) is 3. The molecule has 0 bridgehead atoms. The quantitative estimate of drug-likeness (QED) is 0.443. The monoisotopic (exact) mass is 510 g/mol. The number of rotatable bonds is 4. The minimum Gasteiger partial charge on any atom is -0.543 e. The van der Waals surface area contributed by atoms with Crippen molar-refractivity contribution in [2.24, 2.45) is 0 Å². The zero-order valence-corrected chi connectivity index (χ0v) is 21.0. The molecule has 0 aliphatic rings. The Morgan fingerprint density at radius 2 is 0.852 bits per heavy atom. The van der Waals surface area contributed by atoms with Crippen molar-refractivity contribution in [3.8, 4) is 17.2 Å². The first kappa shape index (κ1) is 24.0. The maximum atomic E-state index is 10.8. The zero-order chi connectivity index (χ0) is 18.0. The first-order chi connectivity index (χ1) is 12.0. The summed E-state index contributed by atoms with van der Waals surface area (Å²) in [6, 6.07) is 19.6. The second-order valence-electron chi connectivity index (χ2n) is 5.99. The molecule has 0 aromatic heterocycles. The van der Waals surface area contributed by atoms with Crippen molar-refractivity contribution in [1.29, 1.82) is 0 Å². The molecule has 3 aromatic rings. The summed E-state index contributed by atoms with van der Waals surface area (Å²) in [6.07, 6.45) is 0. The first-order valence-corrected chi connectivity index (χ1v) is 8.07. The Hall–Kier alpha value is -0.992. The van der Waals surface area contributed by atoms with E-state index in [1.807, 2.05) is 56.3 Å². The molecule has 5 heteroatoms. The van der Waals surface area contributed by atoms with E-state index < -0.39 is 0 Å². The van der Waals surface area contributed by atoms with Crippen LogP contribution in [0.25, 0.3) is 0 Å². The number of benzene rings is 3. The van der Waals surface area contributed by atoms with Crippen LogP contribution in [0.1, 0.15) is 36.1 Å². The second-order valence-corrected chi connectivity index (χ2v) is 5.99. The van der Waals surface area contributed by atoms with Gasteiger partial charge in [0.1, 0.15) is 0 Å². The summed E-state index contributed by atoms with van der Waals surface area (Å²) in [5, 5.41) is 31.0. The van der Waals surface area contributed by atoms with E-state index in [-0.39, 0.29) is 82.7 Å². The standard InChI is InChI=1S/C22H20O3.2Y/c1-14(16-8-3-5-12-20(16)23)18-10-7-11-19(22(18)25)15(2)17-9-4-6-13-21(17)24;;/h3-13,23-25H,1-2H3;;/q-2;;. The van der Waals surface area contributed by atoms with Gasteiger partial charge in [-0.3, -0.25) is 0 Å². The molecule has 3 N–H and O–H groups in total. The number of para-hydroxylation sites is 3. The van der Waals surface area contributed by atoms with Crippen LogP contribution in [0.2, 0.25) is 0 Å². The molecular weight excluding hydrogens is 490 g/mol. The predicted molar refractivity (Wildman–Crippen MR) is 98.6 cm³/mol. The van der Waals surface area contributed by atoms with Crippen molar-refractivity contribution in [2.75, 3.05) is 0 Å². The predicted octanol–water partition coefficient (Wildman–Crippen LogP) is 4.78. The Labute approximate surface area is 210 Å². The Morgan fingerprint density at radius 3 is 1.22 bits per heavy atom. The summed E-state index contributed by atoms with van der Waals surface area (Å²) in [4.78, 5) is 0. The third-order valence-electron chi connectivity index (χ3n) is 4.46. The fourth-order valence-corrected chi connectivity index (χ4v) is 3.02. The molecule has 3 rings (SSSR count). The molecule has 3 nitrogen and oxygen atoms in total. The maximum Gasteiger partial charge on any atom is 0.0564 e. The van der Waals surface area contributed by atoms with Gasteiger partial charge in [0, 0.05) is 71.2 Å². The van der Waals surface area contributed by atoms with Gasteiger partial charge >= 0.3 is 0 Å². The minimum atomic E-state index is 0. The molecule has 3 aromatic carbocycles. The summed E-state index contributed by atoms with van der Waals surface area (Å²) < 4.78 is 0. The summed E-state index contributed by atoms with van der Waals surface area (Å²) in [7, 11) is 0. The van der Waals surface area contributed by atoms with Gasteiger partial charge in [-0.2, -0.15) is 0 Å².